The fraction of sp³-hybridized carbons (Fsp3) is 0.500. The molecule has 1 fully saturated rings. The summed E-state index contributed by atoms with van der Waals surface area (Å²) in [6, 6.07) is 5.87. The van der Waals surface area contributed by atoms with Crippen LogP contribution in [0, 0.1) is 33.6 Å². The molecule has 142 valence electrons. The van der Waals surface area contributed by atoms with Gasteiger partial charge in [0.15, 0.2) is 5.65 Å². The van der Waals surface area contributed by atoms with Crippen molar-refractivity contribution in [2.75, 3.05) is 24.6 Å². The minimum absolute atomic E-state index is 0.523. The Hall–Kier alpha value is -2.70. The van der Waals surface area contributed by atoms with E-state index >= 15 is 0 Å². The molecule has 1 saturated heterocycles. The van der Waals surface area contributed by atoms with Crippen LogP contribution in [-0.2, 0) is 0 Å². The van der Waals surface area contributed by atoms with Crippen LogP contribution in [0.1, 0.15) is 35.6 Å². The molecule has 27 heavy (non-hydrogen) atoms. The highest BCUT2D eigenvalue weighted by atomic mass is 16.5. The number of hydrogen-bond acceptors (Lipinski definition) is 6. The minimum Gasteiger partial charge on any atom is -0.476 e. The van der Waals surface area contributed by atoms with Gasteiger partial charge in [0.1, 0.15) is 0 Å². The van der Waals surface area contributed by atoms with E-state index in [9.17, 15) is 0 Å². The third-order valence-corrected chi connectivity index (χ3v) is 5.25. The second-order valence-electron chi connectivity index (χ2n) is 7.42. The molecule has 0 unspecified atom stereocenters. The summed E-state index contributed by atoms with van der Waals surface area (Å²) in [4.78, 5) is 15.9. The zero-order valence-corrected chi connectivity index (χ0v) is 16.4. The molecule has 4 heterocycles. The molecule has 0 radical (unpaired) electrons. The van der Waals surface area contributed by atoms with Gasteiger partial charge in [-0.25, -0.2) is 19.5 Å². The Morgan fingerprint density at radius 2 is 1.70 bits per heavy atom. The molecular formula is C20H26N6O. The summed E-state index contributed by atoms with van der Waals surface area (Å²) in [5, 5.41) is 4.56. The fourth-order valence-corrected chi connectivity index (χ4v) is 3.57. The maximum absolute atomic E-state index is 5.99. The molecule has 0 aromatic carbocycles. The van der Waals surface area contributed by atoms with Gasteiger partial charge in [-0.1, -0.05) is 0 Å². The Kier molecular flexibility index (Phi) is 4.68. The van der Waals surface area contributed by atoms with Crippen LogP contribution < -0.4 is 9.64 Å². The van der Waals surface area contributed by atoms with Crippen LogP contribution in [0.15, 0.2) is 18.2 Å². The molecule has 3 aromatic heterocycles. The number of anilines is 1. The fourth-order valence-electron chi connectivity index (χ4n) is 3.57. The number of rotatable bonds is 4. The number of hydrogen-bond donors (Lipinski definition) is 0. The summed E-state index contributed by atoms with van der Waals surface area (Å²) in [6.07, 6.45) is 2.14. The molecule has 0 aliphatic carbocycles. The van der Waals surface area contributed by atoms with Gasteiger partial charge < -0.3 is 9.64 Å². The summed E-state index contributed by atoms with van der Waals surface area (Å²) in [5.41, 5.74) is 4.96. The van der Waals surface area contributed by atoms with Crippen LogP contribution in [0.5, 0.6) is 5.88 Å². The average molecular weight is 366 g/mol. The van der Waals surface area contributed by atoms with Gasteiger partial charge in [-0.2, -0.15) is 0 Å². The predicted octanol–water partition coefficient (Wildman–Crippen LogP) is 3.05. The molecular weight excluding hydrogens is 340 g/mol. The van der Waals surface area contributed by atoms with E-state index in [0.717, 1.165) is 60.3 Å². The Labute approximate surface area is 159 Å². The summed E-state index contributed by atoms with van der Waals surface area (Å²) in [7, 11) is 0. The maximum Gasteiger partial charge on any atom is 0.231 e. The molecule has 7 heteroatoms. The van der Waals surface area contributed by atoms with E-state index in [1.807, 2.05) is 50.4 Å². The molecule has 1 aliphatic rings. The molecule has 0 atom stereocenters. The third kappa shape index (κ3) is 3.72. The van der Waals surface area contributed by atoms with Crippen molar-refractivity contribution in [1.29, 1.82) is 0 Å². The van der Waals surface area contributed by atoms with Crippen LogP contribution in [0.2, 0.25) is 0 Å². The molecule has 3 aromatic rings. The van der Waals surface area contributed by atoms with Crippen molar-refractivity contribution in [3.05, 3.63) is 41.0 Å². The number of fused-ring (bicyclic) bond motifs is 1. The number of piperidine rings is 1. The first-order valence-electron chi connectivity index (χ1n) is 9.52. The molecule has 7 nitrogen and oxygen atoms in total. The van der Waals surface area contributed by atoms with Crippen LogP contribution in [0.3, 0.4) is 0 Å². The van der Waals surface area contributed by atoms with Crippen molar-refractivity contribution < 1.29 is 4.74 Å². The average Bonchev–Trinajstić information content (AvgIpc) is 2.93. The Morgan fingerprint density at radius 1 is 1.00 bits per heavy atom. The lowest BCUT2D eigenvalue weighted by molar-refractivity contribution is 0.213. The van der Waals surface area contributed by atoms with Crippen molar-refractivity contribution >= 4 is 11.6 Å². The molecule has 0 spiro atoms. The molecule has 1 aliphatic heterocycles. The van der Waals surface area contributed by atoms with Crippen molar-refractivity contribution in [2.24, 2.45) is 5.92 Å². The van der Waals surface area contributed by atoms with E-state index < -0.39 is 0 Å². The lowest BCUT2D eigenvalue weighted by Crippen LogP contribution is -2.36. The van der Waals surface area contributed by atoms with Crippen molar-refractivity contribution in [1.82, 2.24) is 24.6 Å². The van der Waals surface area contributed by atoms with E-state index in [1.54, 1.807) is 0 Å². The zero-order valence-electron chi connectivity index (χ0n) is 16.4. The molecule has 0 bridgehead atoms. The Bertz CT molecular complexity index is 938. The summed E-state index contributed by atoms with van der Waals surface area (Å²) >= 11 is 0. The highest BCUT2D eigenvalue weighted by molar-refractivity contribution is 5.42. The molecule has 0 amide bonds. The van der Waals surface area contributed by atoms with Gasteiger partial charge in [0.2, 0.25) is 11.8 Å². The smallest absolute Gasteiger partial charge is 0.231 e. The lowest BCUT2D eigenvalue weighted by Gasteiger charge is -2.32. The SMILES string of the molecule is Cc1cc(C)nc(N2CCC(COc3ccc4nc(C)c(C)n4n3)CC2)n1. The van der Waals surface area contributed by atoms with E-state index in [-0.39, 0.29) is 0 Å². The van der Waals surface area contributed by atoms with Crippen LogP contribution in [0.25, 0.3) is 5.65 Å². The monoisotopic (exact) mass is 366 g/mol. The van der Waals surface area contributed by atoms with Gasteiger partial charge in [-0.3, -0.25) is 0 Å². The van der Waals surface area contributed by atoms with Gasteiger partial charge in [-0.05, 0) is 58.6 Å². The maximum atomic E-state index is 5.99. The van der Waals surface area contributed by atoms with E-state index in [4.69, 9.17) is 4.74 Å². The number of nitrogens with zero attached hydrogens (tertiary/aromatic N) is 6. The number of imidazole rings is 1. The highest BCUT2D eigenvalue weighted by Crippen LogP contribution is 2.22. The summed E-state index contributed by atoms with van der Waals surface area (Å²) < 4.78 is 7.84. The quantitative estimate of drug-likeness (QED) is 0.707. The van der Waals surface area contributed by atoms with E-state index in [0.29, 0.717) is 18.4 Å². The Balaban J connectivity index is 1.35. The predicted molar refractivity (Wildman–Crippen MR) is 104 cm³/mol. The van der Waals surface area contributed by atoms with Gasteiger partial charge in [0.05, 0.1) is 18.0 Å². The van der Waals surface area contributed by atoms with Crippen molar-refractivity contribution in [3.8, 4) is 5.88 Å². The first kappa shape index (κ1) is 17.7. The van der Waals surface area contributed by atoms with Crippen LogP contribution in [0.4, 0.5) is 5.95 Å². The third-order valence-electron chi connectivity index (χ3n) is 5.25. The first-order chi connectivity index (χ1) is 13.0. The normalized spacial score (nSPS) is 15.5. The standard InChI is InChI=1S/C20H26N6O/c1-13-11-14(2)22-20(21-13)25-9-7-17(8-10-25)12-27-19-6-5-18-23-15(3)16(4)26(18)24-19/h5-6,11,17H,7-10,12H2,1-4H3. The van der Waals surface area contributed by atoms with Crippen LogP contribution in [-0.4, -0.2) is 44.3 Å². The topological polar surface area (TPSA) is 68.4 Å². The molecule has 0 saturated carbocycles. The second kappa shape index (κ2) is 7.13. The summed E-state index contributed by atoms with van der Waals surface area (Å²) in [6.45, 7) is 10.7. The highest BCUT2D eigenvalue weighted by Gasteiger charge is 2.22. The molecule has 0 N–H and O–H groups in total. The lowest BCUT2D eigenvalue weighted by atomic mass is 9.98. The number of aromatic nitrogens is 5. The first-order valence-corrected chi connectivity index (χ1v) is 9.52. The van der Waals surface area contributed by atoms with Crippen molar-refractivity contribution in [2.45, 2.75) is 40.5 Å². The van der Waals surface area contributed by atoms with E-state index in [2.05, 4.69) is 25.0 Å². The van der Waals surface area contributed by atoms with Gasteiger partial charge in [-0.15, -0.1) is 5.10 Å². The number of aryl methyl sites for hydroxylation is 4. The minimum atomic E-state index is 0.523. The second-order valence-corrected chi connectivity index (χ2v) is 7.42. The van der Waals surface area contributed by atoms with Gasteiger partial charge in [0.25, 0.3) is 0 Å². The van der Waals surface area contributed by atoms with E-state index in [1.165, 1.54) is 0 Å². The van der Waals surface area contributed by atoms with Crippen molar-refractivity contribution in [3.63, 3.8) is 0 Å². The van der Waals surface area contributed by atoms with Gasteiger partial charge >= 0.3 is 0 Å². The number of ether oxygens (including phenoxy) is 1. The zero-order chi connectivity index (χ0) is 19.0. The largest absolute Gasteiger partial charge is 0.476 e. The van der Waals surface area contributed by atoms with Crippen LogP contribution >= 0.6 is 0 Å². The summed E-state index contributed by atoms with van der Waals surface area (Å²) in [5.74, 6) is 2.03. The molecule has 4 rings (SSSR count). The van der Waals surface area contributed by atoms with Gasteiger partial charge in [0, 0.05) is 30.5 Å². The Morgan fingerprint density at radius 3 is 2.41 bits per heavy atom.